The van der Waals surface area contributed by atoms with Gasteiger partial charge >= 0.3 is 0 Å². The first-order valence-corrected chi connectivity index (χ1v) is 6.08. The minimum atomic E-state index is -0.304. The van der Waals surface area contributed by atoms with Crippen molar-refractivity contribution in [3.8, 4) is 5.88 Å². The average Bonchev–Trinajstić information content (AvgIpc) is 2.46. The monoisotopic (exact) mass is 275 g/mol. The van der Waals surface area contributed by atoms with E-state index in [1.807, 2.05) is 6.92 Å². The van der Waals surface area contributed by atoms with Crippen LogP contribution in [0.4, 0.5) is 4.39 Å². The van der Waals surface area contributed by atoms with E-state index in [9.17, 15) is 9.18 Å². The summed E-state index contributed by atoms with van der Waals surface area (Å²) in [5.74, 6) is -0.286. The Morgan fingerprint density at radius 2 is 1.95 bits per heavy atom. The maximum atomic E-state index is 12.7. The molecule has 1 N–H and O–H groups in total. The molecule has 0 aliphatic carbocycles. The van der Waals surface area contributed by atoms with Crippen LogP contribution in [0.2, 0.25) is 0 Å². The van der Waals surface area contributed by atoms with Gasteiger partial charge in [0.1, 0.15) is 5.82 Å². The number of nitrogens with zero attached hydrogens (tertiary/aromatic N) is 2. The molecule has 0 unspecified atom stereocenters. The van der Waals surface area contributed by atoms with Gasteiger partial charge in [-0.3, -0.25) is 4.79 Å². The molecule has 2 rings (SSSR count). The molecule has 0 spiro atoms. The minimum Gasteiger partial charge on any atom is -0.466 e. The molecule has 0 aliphatic heterocycles. The van der Waals surface area contributed by atoms with Gasteiger partial charge in [-0.25, -0.2) is 4.39 Å². The normalized spacial score (nSPS) is 10.1. The fourth-order valence-corrected chi connectivity index (χ4v) is 1.46. The second kappa shape index (κ2) is 6.60. The Morgan fingerprint density at radius 3 is 2.60 bits per heavy atom. The number of carbonyl (C=O) groups excluding carboxylic acids is 1. The molecule has 1 aromatic heterocycles. The molecule has 2 aromatic rings. The molecule has 0 fully saturated rings. The van der Waals surface area contributed by atoms with Crippen LogP contribution in [0.25, 0.3) is 0 Å². The van der Waals surface area contributed by atoms with E-state index in [1.165, 1.54) is 12.1 Å². The Kier molecular flexibility index (Phi) is 4.60. The first-order chi connectivity index (χ1) is 9.63. The third kappa shape index (κ3) is 4.31. The van der Waals surface area contributed by atoms with Gasteiger partial charge in [0, 0.05) is 12.6 Å². The zero-order chi connectivity index (χ0) is 14.4. The molecule has 104 valence electrons. The van der Waals surface area contributed by atoms with Crippen molar-refractivity contribution >= 4 is 5.91 Å². The smallest absolute Gasteiger partial charge is 0.258 e. The zero-order valence-electron chi connectivity index (χ0n) is 11.0. The van der Waals surface area contributed by atoms with Crippen molar-refractivity contribution in [1.29, 1.82) is 0 Å². The van der Waals surface area contributed by atoms with Gasteiger partial charge in [0.05, 0.1) is 5.69 Å². The van der Waals surface area contributed by atoms with Gasteiger partial charge in [0.2, 0.25) is 5.88 Å². The second-order valence-electron chi connectivity index (χ2n) is 4.20. The maximum Gasteiger partial charge on any atom is 0.258 e. The van der Waals surface area contributed by atoms with Crippen molar-refractivity contribution in [2.45, 2.75) is 13.5 Å². The highest BCUT2D eigenvalue weighted by atomic mass is 19.1. The molecular weight excluding hydrogens is 261 g/mol. The van der Waals surface area contributed by atoms with Crippen molar-refractivity contribution < 1.29 is 13.9 Å². The third-order valence-electron chi connectivity index (χ3n) is 2.53. The number of hydrogen-bond acceptors (Lipinski definition) is 4. The Balaban J connectivity index is 1.75. The van der Waals surface area contributed by atoms with Crippen LogP contribution in [0.3, 0.4) is 0 Å². The number of ether oxygens (including phenoxy) is 1. The van der Waals surface area contributed by atoms with E-state index in [-0.39, 0.29) is 18.3 Å². The van der Waals surface area contributed by atoms with E-state index >= 15 is 0 Å². The van der Waals surface area contributed by atoms with E-state index in [2.05, 4.69) is 15.5 Å². The van der Waals surface area contributed by atoms with Crippen molar-refractivity contribution in [2.24, 2.45) is 0 Å². The lowest BCUT2D eigenvalue weighted by molar-refractivity contribution is -0.123. The zero-order valence-corrected chi connectivity index (χ0v) is 11.0. The summed E-state index contributed by atoms with van der Waals surface area (Å²) < 4.78 is 17.9. The number of rotatable bonds is 5. The van der Waals surface area contributed by atoms with E-state index in [0.29, 0.717) is 12.4 Å². The molecule has 0 saturated heterocycles. The fraction of sp³-hybridized carbons (Fsp3) is 0.214. The molecule has 0 aliphatic rings. The van der Waals surface area contributed by atoms with Crippen LogP contribution < -0.4 is 10.1 Å². The van der Waals surface area contributed by atoms with E-state index in [4.69, 9.17) is 4.74 Å². The van der Waals surface area contributed by atoms with Gasteiger partial charge in [-0.15, -0.1) is 5.10 Å². The Bertz CT molecular complexity index is 518. The maximum absolute atomic E-state index is 12.7. The molecule has 6 heteroatoms. The SMILES string of the molecule is Cc1ccc(OCC(=O)NCc2ccc(F)cc2)nn1. The van der Waals surface area contributed by atoms with Crippen molar-refractivity contribution in [1.82, 2.24) is 15.5 Å². The number of benzene rings is 1. The van der Waals surface area contributed by atoms with E-state index in [0.717, 1.165) is 11.3 Å². The van der Waals surface area contributed by atoms with Gasteiger partial charge < -0.3 is 10.1 Å². The van der Waals surface area contributed by atoms with Gasteiger partial charge in [-0.05, 0) is 30.7 Å². The van der Waals surface area contributed by atoms with Gasteiger partial charge in [-0.1, -0.05) is 12.1 Å². The summed E-state index contributed by atoms with van der Waals surface area (Å²) in [4.78, 5) is 11.6. The summed E-state index contributed by atoms with van der Waals surface area (Å²) in [7, 11) is 0. The van der Waals surface area contributed by atoms with Crippen molar-refractivity contribution in [2.75, 3.05) is 6.61 Å². The summed E-state index contributed by atoms with van der Waals surface area (Å²) in [6, 6.07) is 9.32. The van der Waals surface area contributed by atoms with Crippen molar-refractivity contribution in [3.63, 3.8) is 0 Å². The standard InChI is InChI=1S/C14H14FN3O2/c1-10-2-7-14(18-17-10)20-9-13(19)16-8-11-3-5-12(15)6-4-11/h2-7H,8-9H2,1H3,(H,16,19). The first kappa shape index (κ1) is 13.9. The number of aryl methyl sites for hydroxylation is 1. The Hall–Kier alpha value is -2.50. The van der Waals surface area contributed by atoms with Crippen LogP contribution in [0.1, 0.15) is 11.3 Å². The number of amides is 1. The molecule has 0 bridgehead atoms. The summed E-state index contributed by atoms with van der Waals surface area (Å²) in [5, 5.41) is 10.3. The molecule has 5 nitrogen and oxygen atoms in total. The predicted molar refractivity (Wildman–Crippen MR) is 70.5 cm³/mol. The van der Waals surface area contributed by atoms with Gasteiger partial charge in [-0.2, -0.15) is 5.10 Å². The summed E-state index contributed by atoms with van der Waals surface area (Å²) in [6.45, 7) is 1.99. The van der Waals surface area contributed by atoms with Crippen molar-refractivity contribution in [3.05, 3.63) is 53.5 Å². The lowest BCUT2D eigenvalue weighted by Crippen LogP contribution is -2.28. The number of hydrogen-bond donors (Lipinski definition) is 1. The molecular formula is C14H14FN3O2. The molecule has 0 radical (unpaired) electrons. The molecule has 1 amide bonds. The second-order valence-corrected chi connectivity index (χ2v) is 4.20. The molecule has 0 atom stereocenters. The fourth-order valence-electron chi connectivity index (χ4n) is 1.46. The first-order valence-electron chi connectivity index (χ1n) is 6.08. The summed E-state index contributed by atoms with van der Waals surface area (Å²) in [5.41, 5.74) is 1.59. The van der Waals surface area contributed by atoms with E-state index in [1.54, 1.807) is 24.3 Å². The molecule has 1 heterocycles. The van der Waals surface area contributed by atoms with Crippen LogP contribution in [-0.4, -0.2) is 22.7 Å². The topological polar surface area (TPSA) is 64.1 Å². The van der Waals surface area contributed by atoms with Gasteiger partial charge in [0.15, 0.2) is 6.61 Å². The van der Waals surface area contributed by atoms with Crippen LogP contribution in [0.15, 0.2) is 36.4 Å². The lowest BCUT2D eigenvalue weighted by atomic mass is 10.2. The largest absolute Gasteiger partial charge is 0.466 e. The lowest BCUT2D eigenvalue weighted by Gasteiger charge is -2.06. The Labute approximate surface area is 115 Å². The molecule has 1 aromatic carbocycles. The quantitative estimate of drug-likeness (QED) is 0.900. The number of halogens is 1. The highest BCUT2D eigenvalue weighted by Gasteiger charge is 2.04. The molecule has 0 saturated carbocycles. The predicted octanol–water partition coefficient (Wildman–Crippen LogP) is 1.62. The third-order valence-corrected chi connectivity index (χ3v) is 2.53. The number of nitrogens with one attached hydrogen (secondary N) is 1. The highest BCUT2D eigenvalue weighted by Crippen LogP contribution is 2.04. The van der Waals surface area contributed by atoms with Crippen LogP contribution in [0, 0.1) is 12.7 Å². The summed E-state index contributed by atoms with van der Waals surface area (Å²) >= 11 is 0. The van der Waals surface area contributed by atoms with Gasteiger partial charge in [0.25, 0.3) is 5.91 Å². The number of carbonyl (C=O) groups is 1. The van der Waals surface area contributed by atoms with E-state index < -0.39 is 0 Å². The van der Waals surface area contributed by atoms with Crippen LogP contribution in [0.5, 0.6) is 5.88 Å². The molecule has 20 heavy (non-hydrogen) atoms. The average molecular weight is 275 g/mol. The minimum absolute atomic E-state index is 0.140. The highest BCUT2D eigenvalue weighted by molar-refractivity contribution is 5.77. The van der Waals surface area contributed by atoms with Crippen LogP contribution in [-0.2, 0) is 11.3 Å². The van der Waals surface area contributed by atoms with Crippen LogP contribution >= 0.6 is 0 Å². The summed E-state index contributed by atoms with van der Waals surface area (Å²) in [6.07, 6.45) is 0. The number of aromatic nitrogens is 2. The Morgan fingerprint density at radius 1 is 1.20 bits per heavy atom.